The predicted octanol–water partition coefficient (Wildman–Crippen LogP) is 3.57. The lowest BCUT2D eigenvalue weighted by Gasteiger charge is -2.10. The Balaban J connectivity index is 1.74. The summed E-state index contributed by atoms with van der Waals surface area (Å²) in [7, 11) is 0. The van der Waals surface area contributed by atoms with E-state index in [0.717, 1.165) is 25.0 Å². The van der Waals surface area contributed by atoms with Gasteiger partial charge in [-0.05, 0) is 49.2 Å². The summed E-state index contributed by atoms with van der Waals surface area (Å²) >= 11 is 0. The van der Waals surface area contributed by atoms with Crippen molar-refractivity contribution in [3.63, 3.8) is 0 Å². The molecule has 0 radical (unpaired) electrons. The number of amides is 2. The number of nitrogens with one attached hydrogen (secondary N) is 2. The Labute approximate surface area is 131 Å². The lowest BCUT2D eigenvalue weighted by atomic mass is 10.2. The maximum absolute atomic E-state index is 13.8. The lowest BCUT2D eigenvalue weighted by Crippen LogP contribution is -2.16. The molecule has 1 aliphatic carbocycles. The van der Waals surface area contributed by atoms with Crippen molar-refractivity contribution in [3.8, 4) is 0 Å². The zero-order chi connectivity index (χ0) is 16.4. The fourth-order valence-corrected chi connectivity index (χ4v) is 2.11. The summed E-state index contributed by atoms with van der Waals surface area (Å²) < 4.78 is 26.9. The van der Waals surface area contributed by atoms with Crippen LogP contribution in [0.3, 0.4) is 0 Å². The van der Waals surface area contributed by atoms with Crippen LogP contribution in [0.4, 0.5) is 20.2 Å². The van der Waals surface area contributed by atoms with Crippen molar-refractivity contribution in [1.29, 1.82) is 0 Å². The van der Waals surface area contributed by atoms with Crippen molar-refractivity contribution in [2.24, 2.45) is 5.92 Å². The first-order valence-corrected chi connectivity index (χ1v) is 7.20. The average molecular weight is 316 g/mol. The van der Waals surface area contributed by atoms with E-state index in [4.69, 9.17) is 0 Å². The number of rotatable bonds is 4. The van der Waals surface area contributed by atoms with Crippen molar-refractivity contribution in [2.75, 3.05) is 10.6 Å². The van der Waals surface area contributed by atoms with Crippen molar-refractivity contribution in [2.45, 2.75) is 12.8 Å². The fraction of sp³-hybridized carbons (Fsp3) is 0.176. The molecule has 0 aliphatic heterocycles. The molecule has 1 aliphatic rings. The second kappa shape index (κ2) is 6.16. The van der Waals surface area contributed by atoms with Crippen LogP contribution in [0.25, 0.3) is 0 Å². The van der Waals surface area contributed by atoms with Gasteiger partial charge in [0.1, 0.15) is 11.6 Å². The van der Waals surface area contributed by atoms with Crippen LogP contribution in [0.15, 0.2) is 42.5 Å². The molecule has 118 valence electrons. The third-order valence-electron chi connectivity index (χ3n) is 3.52. The molecule has 1 saturated carbocycles. The van der Waals surface area contributed by atoms with Crippen LogP contribution in [-0.2, 0) is 4.79 Å². The van der Waals surface area contributed by atoms with E-state index in [-0.39, 0.29) is 23.1 Å². The van der Waals surface area contributed by atoms with Gasteiger partial charge in [0.15, 0.2) is 0 Å². The molecule has 0 atom stereocenters. The molecule has 6 heteroatoms. The highest BCUT2D eigenvalue weighted by atomic mass is 19.1. The Morgan fingerprint density at radius 3 is 2.48 bits per heavy atom. The standard InChI is InChI=1S/C17H14F2N2O2/c18-12-3-1-2-11(8-12)17(23)20-13-6-7-14(19)15(9-13)21-16(22)10-4-5-10/h1-3,6-10H,4-5H2,(H,20,23)(H,21,22). The first kappa shape index (κ1) is 15.1. The predicted molar refractivity (Wildman–Crippen MR) is 82.1 cm³/mol. The van der Waals surface area contributed by atoms with Crippen molar-refractivity contribution < 1.29 is 18.4 Å². The normalized spacial score (nSPS) is 13.5. The second-order valence-electron chi connectivity index (χ2n) is 5.42. The topological polar surface area (TPSA) is 58.2 Å². The van der Waals surface area contributed by atoms with Crippen LogP contribution in [0.1, 0.15) is 23.2 Å². The van der Waals surface area contributed by atoms with Crippen LogP contribution >= 0.6 is 0 Å². The molecule has 0 saturated heterocycles. The number of benzene rings is 2. The molecule has 0 aromatic heterocycles. The van der Waals surface area contributed by atoms with Crippen LogP contribution in [0.2, 0.25) is 0 Å². The third kappa shape index (κ3) is 3.71. The molecule has 23 heavy (non-hydrogen) atoms. The monoisotopic (exact) mass is 316 g/mol. The third-order valence-corrected chi connectivity index (χ3v) is 3.52. The van der Waals surface area contributed by atoms with Gasteiger partial charge in [-0.1, -0.05) is 6.07 Å². The number of hydrogen-bond donors (Lipinski definition) is 2. The summed E-state index contributed by atoms with van der Waals surface area (Å²) in [6.07, 6.45) is 1.62. The SMILES string of the molecule is O=C(Nc1ccc(F)c(NC(=O)C2CC2)c1)c1cccc(F)c1. The minimum atomic E-state index is -0.581. The highest BCUT2D eigenvalue weighted by molar-refractivity contribution is 6.04. The maximum Gasteiger partial charge on any atom is 0.255 e. The van der Waals surface area contributed by atoms with Gasteiger partial charge in [-0.3, -0.25) is 9.59 Å². The van der Waals surface area contributed by atoms with Gasteiger partial charge in [0, 0.05) is 17.2 Å². The summed E-state index contributed by atoms with van der Waals surface area (Å²) in [6.45, 7) is 0. The summed E-state index contributed by atoms with van der Waals surface area (Å²) in [4.78, 5) is 23.8. The van der Waals surface area contributed by atoms with Gasteiger partial charge in [-0.25, -0.2) is 8.78 Å². The molecule has 2 aromatic carbocycles. The molecule has 2 N–H and O–H groups in total. The van der Waals surface area contributed by atoms with Gasteiger partial charge in [-0.2, -0.15) is 0 Å². The smallest absolute Gasteiger partial charge is 0.255 e. The number of carbonyl (C=O) groups excluding carboxylic acids is 2. The molecule has 2 amide bonds. The van der Waals surface area contributed by atoms with Crippen molar-refractivity contribution >= 4 is 23.2 Å². The van der Waals surface area contributed by atoms with Gasteiger partial charge in [0.2, 0.25) is 5.91 Å². The van der Waals surface area contributed by atoms with E-state index in [1.54, 1.807) is 0 Å². The molecule has 0 heterocycles. The summed E-state index contributed by atoms with van der Waals surface area (Å²) in [5.41, 5.74) is 0.476. The molecule has 0 bridgehead atoms. The lowest BCUT2D eigenvalue weighted by molar-refractivity contribution is -0.117. The molecule has 2 aromatic rings. The van der Waals surface area contributed by atoms with E-state index in [9.17, 15) is 18.4 Å². The molecule has 0 unspecified atom stereocenters. The largest absolute Gasteiger partial charge is 0.323 e. The number of hydrogen-bond acceptors (Lipinski definition) is 2. The number of anilines is 2. The zero-order valence-electron chi connectivity index (χ0n) is 12.1. The van der Waals surface area contributed by atoms with E-state index in [1.165, 1.54) is 30.3 Å². The van der Waals surface area contributed by atoms with E-state index < -0.39 is 17.5 Å². The van der Waals surface area contributed by atoms with Crippen LogP contribution < -0.4 is 10.6 Å². The second-order valence-corrected chi connectivity index (χ2v) is 5.42. The van der Waals surface area contributed by atoms with E-state index in [2.05, 4.69) is 10.6 Å². The van der Waals surface area contributed by atoms with Crippen molar-refractivity contribution in [3.05, 3.63) is 59.7 Å². The van der Waals surface area contributed by atoms with Gasteiger partial charge >= 0.3 is 0 Å². The number of halogens is 2. The molecule has 4 nitrogen and oxygen atoms in total. The van der Waals surface area contributed by atoms with Crippen LogP contribution in [0, 0.1) is 17.6 Å². The highest BCUT2D eigenvalue weighted by Gasteiger charge is 2.30. The Hall–Kier alpha value is -2.76. The summed E-state index contributed by atoms with van der Waals surface area (Å²) in [5, 5.41) is 5.06. The molecule has 3 rings (SSSR count). The summed E-state index contributed by atoms with van der Waals surface area (Å²) in [6, 6.07) is 9.11. The van der Waals surface area contributed by atoms with E-state index in [0.29, 0.717) is 5.69 Å². The van der Waals surface area contributed by atoms with E-state index in [1.807, 2.05) is 0 Å². The van der Waals surface area contributed by atoms with E-state index >= 15 is 0 Å². The minimum absolute atomic E-state index is 0.0129. The van der Waals surface area contributed by atoms with Gasteiger partial charge < -0.3 is 10.6 Å². The average Bonchev–Trinajstić information content (AvgIpc) is 3.35. The zero-order valence-corrected chi connectivity index (χ0v) is 12.1. The fourth-order valence-electron chi connectivity index (χ4n) is 2.11. The quantitative estimate of drug-likeness (QED) is 0.906. The molecular weight excluding hydrogens is 302 g/mol. The van der Waals surface area contributed by atoms with Gasteiger partial charge in [-0.15, -0.1) is 0 Å². The first-order chi connectivity index (χ1) is 11.0. The van der Waals surface area contributed by atoms with Gasteiger partial charge in [0.05, 0.1) is 5.69 Å². The van der Waals surface area contributed by atoms with Crippen molar-refractivity contribution in [1.82, 2.24) is 0 Å². The Morgan fingerprint density at radius 2 is 1.78 bits per heavy atom. The maximum atomic E-state index is 13.8. The molecular formula is C17H14F2N2O2. The van der Waals surface area contributed by atoms with Gasteiger partial charge in [0.25, 0.3) is 5.91 Å². The number of carbonyl (C=O) groups is 2. The molecule has 1 fully saturated rings. The first-order valence-electron chi connectivity index (χ1n) is 7.20. The molecule has 0 spiro atoms. The Morgan fingerprint density at radius 1 is 1.00 bits per heavy atom. The minimum Gasteiger partial charge on any atom is -0.323 e. The summed E-state index contributed by atoms with van der Waals surface area (Å²) in [5.74, 6) is -1.90. The van der Waals surface area contributed by atoms with Crippen LogP contribution in [-0.4, -0.2) is 11.8 Å². The highest BCUT2D eigenvalue weighted by Crippen LogP contribution is 2.31. The Bertz CT molecular complexity index is 773. The van der Waals surface area contributed by atoms with Crippen LogP contribution in [0.5, 0.6) is 0 Å². The Kier molecular flexibility index (Phi) is 4.06.